The first-order valence-electron chi connectivity index (χ1n) is 6.87. The third kappa shape index (κ3) is 4.64. The number of hydrogen-bond acceptors (Lipinski definition) is 3. The number of carbonyl (C=O) groups excluding carboxylic acids is 1. The smallest absolute Gasteiger partial charge is 0.224 e. The largest absolute Gasteiger partial charge is 0.355 e. The molecule has 0 saturated heterocycles. The molecule has 1 fully saturated rings. The minimum Gasteiger partial charge on any atom is -0.355 e. The molecule has 1 atom stereocenters. The van der Waals surface area contributed by atoms with Crippen molar-refractivity contribution >= 4 is 5.91 Å². The van der Waals surface area contributed by atoms with Crippen LogP contribution in [0.25, 0.3) is 0 Å². The molecule has 1 aliphatic rings. The maximum atomic E-state index is 11.7. The summed E-state index contributed by atoms with van der Waals surface area (Å²) in [4.78, 5) is 14.1. The topological polar surface area (TPSA) is 58.4 Å². The van der Waals surface area contributed by atoms with Crippen molar-refractivity contribution in [2.75, 3.05) is 26.7 Å². The van der Waals surface area contributed by atoms with E-state index in [2.05, 4.69) is 17.3 Å². The Kier molecular flexibility index (Phi) is 6.52. The molecule has 0 aromatic rings. The lowest BCUT2D eigenvalue weighted by Crippen LogP contribution is -2.40. The van der Waals surface area contributed by atoms with Gasteiger partial charge in [-0.15, -0.1) is 0 Å². The van der Waals surface area contributed by atoms with Crippen LogP contribution in [0, 0.1) is 5.92 Å². The number of nitrogens with two attached hydrogens (primary N) is 1. The average molecular weight is 241 g/mol. The first-order valence-corrected chi connectivity index (χ1v) is 6.87. The van der Waals surface area contributed by atoms with Crippen LogP contribution in [0.15, 0.2) is 0 Å². The number of likely N-dealkylation sites (N-methyl/N-ethyl adjacent to an activating group) is 1. The van der Waals surface area contributed by atoms with Crippen LogP contribution in [-0.2, 0) is 4.79 Å². The van der Waals surface area contributed by atoms with Gasteiger partial charge in [-0.1, -0.05) is 19.8 Å². The summed E-state index contributed by atoms with van der Waals surface area (Å²) >= 11 is 0. The van der Waals surface area contributed by atoms with Crippen molar-refractivity contribution in [3.63, 3.8) is 0 Å². The highest BCUT2D eigenvalue weighted by Gasteiger charge is 2.19. The van der Waals surface area contributed by atoms with Crippen molar-refractivity contribution in [3.05, 3.63) is 0 Å². The summed E-state index contributed by atoms with van der Waals surface area (Å²) in [7, 11) is 2.16. The van der Waals surface area contributed by atoms with Crippen molar-refractivity contribution in [2.45, 2.75) is 45.1 Å². The second kappa shape index (κ2) is 7.67. The molecule has 0 heterocycles. The summed E-state index contributed by atoms with van der Waals surface area (Å²) in [6, 6.07) is 0.725. The zero-order valence-electron chi connectivity index (χ0n) is 11.2. The summed E-state index contributed by atoms with van der Waals surface area (Å²) in [5, 5.41) is 2.98. The van der Waals surface area contributed by atoms with E-state index in [4.69, 9.17) is 5.73 Å². The zero-order valence-corrected chi connectivity index (χ0v) is 11.2. The third-order valence-electron chi connectivity index (χ3n) is 3.86. The fraction of sp³-hybridized carbons (Fsp3) is 0.923. The van der Waals surface area contributed by atoms with Crippen molar-refractivity contribution < 1.29 is 4.79 Å². The van der Waals surface area contributed by atoms with Crippen molar-refractivity contribution in [1.82, 2.24) is 10.2 Å². The Labute approximate surface area is 105 Å². The van der Waals surface area contributed by atoms with E-state index >= 15 is 0 Å². The molecular formula is C13H27N3O. The Morgan fingerprint density at radius 2 is 2.12 bits per heavy atom. The van der Waals surface area contributed by atoms with E-state index in [1.165, 1.54) is 25.7 Å². The molecule has 1 saturated carbocycles. The van der Waals surface area contributed by atoms with Gasteiger partial charge in [0.2, 0.25) is 5.91 Å². The van der Waals surface area contributed by atoms with Crippen molar-refractivity contribution in [3.8, 4) is 0 Å². The van der Waals surface area contributed by atoms with Gasteiger partial charge < -0.3 is 16.0 Å². The molecule has 3 N–H and O–H groups in total. The number of hydrogen-bond donors (Lipinski definition) is 2. The van der Waals surface area contributed by atoms with E-state index in [1.807, 2.05) is 6.92 Å². The van der Waals surface area contributed by atoms with E-state index in [9.17, 15) is 4.79 Å². The van der Waals surface area contributed by atoms with Gasteiger partial charge in [0.25, 0.3) is 0 Å². The molecule has 17 heavy (non-hydrogen) atoms. The minimum atomic E-state index is -0.0215. The van der Waals surface area contributed by atoms with Gasteiger partial charge in [-0.3, -0.25) is 4.79 Å². The van der Waals surface area contributed by atoms with Gasteiger partial charge in [-0.25, -0.2) is 0 Å². The standard InChI is InChI=1S/C13H27N3O/c1-3-11(10-14)13(17)15-8-9-16(2)12-6-4-5-7-12/h11-12H,3-10,14H2,1-2H3,(H,15,17). The fourth-order valence-corrected chi connectivity index (χ4v) is 2.49. The molecule has 100 valence electrons. The van der Waals surface area contributed by atoms with Gasteiger partial charge in [0.1, 0.15) is 0 Å². The van der Waals surface area contributed by atoms with E-state index < -0.39 is 0 Å². The van der Waals surface area contributed by atoms with Crippen LogP contribution >= 0.6 is 0 Å². The molecule has 1 amide bonds. The maximum absolute atomic E-state index is 11.7. The summed E-state index contributed by atoms with van der Waals surface area (Å²) < 4.78 is 0. The Bertz CT molecular complexity index is 223. The molecule has 1 unspecified atom stereocenters. The maximum Gasteiger partial charge on any atom is 0.224 e. The highest BCUT2D eigenvalue weighted by atomic mass is 16.1. The lowest BCUT2D eigenvalue weighted by atomic mass is 10.1. The molecule has 4 nitrogen and oxygen atoms in total. The Morgan fingerprint density at radius 1 is 1.47 bits per heavy atom. The molecule has 4 heteroatoms. The molecule has 0 aromatic heterocycles. The van der Waals surface area contributed by atoms with Crippen LogP contribution in [0.1, 0.15) is 39.0 Å². The normalized spacial score (nSPS) is 18.6. The van der Waals surface area contributed by atoms with Crippen LogP contribution in [0.3, 0.4) is 0 Å². The highest BCUT2D eigenvalue weighted by molar-refractivity contribution is 5.78. The second-order valence-electron chi connectivity index (χ2n) is 5.05. The quantitative estimate of drug-likeness (QED) is 0.698. The van der Waals surface area contributed by atoms with Gasteiger partial charge in [-0.2, -0.15) is 0 Å². The van der Waals surface area contributed by atoms with Gasteiger partial charge in [-0.05, 0) is 26.3 Å². The van der Waals surface area contributed by atoms with Crippen LogP contribution in [0.5, 0.6) is 0 Å². The lowest BCUT2D eigenvalue weighted by molar-refractivity contribution is -0.124. The monoisotopic (exact) mass is 241 g/mol. The summed E-state index contributed by atoms with van der Waals surface area (Å²) in [6.07, 6.45) is 6.15. The van der Waals surface area contributed by atoms with Gasteiger partial charge in [0.15, 0.2) is 0 Å². The minimum absolute atomic E-state index is 0.0215. The van der Waals surface area contributed by atoms with Crippen LogP contribution in [-0.4, -0.2) is 43.5 Å². The fourth-order valence-electron chi connectivity index (χ4n) is 2.49. The van der Waals surface area contributed by atoms with Crippen molar-refractivity contribution in [1.29, 1.82) is 0 Å². The van der Waals surface area contributed by atoms with E-state index in [1.54, 1.807) is 0 Å². The number of carbonyl (C=O) groups is 1. The van der Waals surface area contributed by atoms with Crippen molar-refractivity contribution in [2.24, 2.45) is 11.7 Å². The van der Waals surface area contributed by atoms with Crippen LogP contribution in [0.4, 0.5) is 0 Å². The molecule has 0 aromatic carbocycles. The number of nitrogens with zero attached hydrogens (tertiary/aromatic N) is 1. The molecule has 1 rings (SSSR count). The Balaban J connectivity index is 2.15. The zero-order chi connectivity index (χ0) is 12.7. The molecule has 0 spiro atoms. The molecule has 0 aliphatic heterocycles. The average Bonchev–Trinajstić information content (AvgIpc) is 2.84. The molecule has 1 aliphatic carbocycles. The van der Waals surface area contributed by atoms with Gasteiger partial charge >= 0.3 is 0 Å². The van der Waals surface area contributed by atoms with E-state index in [-0.39, 0.29) is 11.8 Å². The van der Waals surface area contributed by atoms with E-state index in [0.29, 0.717) is 6.54 Å². The lowest BCUT2D eigenvalue weighted by Gasteiger charge is -2.24. The summed E-state index contributed by atoms with van der Waals surface area (Å²) in [5.41, 5.74) is 5.54. The highest BCUT2D eigenvalue weighted by Crippen LogP contribution is 2.21. The Morgan fingerprint density at radius 3 is 2.65 bits per heavy atom. The summed E-state index contributed by atoms with van der Waals surface area (Å²) in [5.74, 6) is 0.0848. The Hall–Kier alpha value is -0.610. The molecule has 0 bridgehead atoms. The van der Waals surface area contributed by atoms with Gasteiger partial charge in [0, 0.05) is 31.6 Å². The van der Waals surface area contributed by atoms with Crippen LogP contribution < -0.4 is 11.1 Å². The van der Waals surface area contributed by atoms with Gasteiger partial charge in [0.05, 0.1) is 0 Å². The third-order valence-corrected chi connectivity index (χ3v) is 3.86. The first-order chi connectivity index (χ1) is 8.19. The molecule has 0 radical (unpaired) electrons. The first kappa shape index (κ1) is 14.5. The second-order valence-corrected chi connectivity index (χ2v) is 5.05. The predicted molar refractivity (Wildman–Crippen MR) is 70.7 cm³/mol. The number of rotatable bonds is 7. The number of nitrogens with one attached hydrogen (secondary N) is 1. The number of amides is 1. The predicted octanol–water partition coefficient (Wildman–Crippen LogP) is 0.962. The van der Waals surface area contributed by atoms with E-state index in [0.717, 1.165) is 25.6 Å². The molecular weight excluding hydrogens is 214 g/mol. The van der Waals surface area contributed by atoms with Crippen LogP contribution in [0.2, 0.25) is 0 Å². The summed E-state index contributed by atoms with van der Waals surface area (Å²) in [6.45, 7) is 4.13. The SMILES string of the molecule is CCC(CN)C(=O)NCCN(C)C1CCCC1.